The van der Waals surface area contributed by atoms with E-state index in [0.29, 0.717) is 38.3 Å². The molecule has 3 rings (SSSR count). The average molecular weight is 423 g/mol. The van der Waals surface area contributed by atoms with Gasteiger partial charge in [-0.15, -0.1) is 0 Å². The summed E-state index contributed by atoms with van der Waals surface area (Å²) in [6.45, 7) is 8.70. The Morgan fingerprint density at radius 3 is 2.28 bits per heavy atom. The lowest BCUT2D eigenvalue weighted by Crippen LogP contribution is -2.54. The summed E-state index contributed by atoms with van der Waals surface area (Å²) in [4.78, 5) is 31.2. The molecule has 1 atom stereocenters. The van der Waals surface area contributed by atoms with Gasteiger partial charge < -0.3 is 9.80 Å². The molecule has 0 aromatic heterocycles. The van der Waals surface area contributed by atoms with Gasteiger partial charge in [-0.3, -0.25) is 14.5 Å². The maximum Gasteiger partial charge on any atom is 0.246 e. The molecule has 1 saturated heterocycles. The van der Waals surface area contributed by atoms with Crippen molar-refractivity contribution in [3.63, 3.8) is 0 Å². The van der Waals surface area contributed by atoms with E-state index in [0.717, 1.165) is 18.7 Å². The molecule has 0 bridgehead atoms. The topological polar surface area (TPSA) is 81.2 Å². The minimum Gasteiger partial charge on any atom is -0.338 e. The molecule has 0 N–H and O–H groups in total. The Labute approximate surface area is 173 Å². The second kappa shape index (κ2) is 8.41. The molecular formula is C20H30N4O4S. The van der Waals surface area contributed by atoms with Gasteiger partial charge in [0, 0.05) is 58.3 Å². The molecule has 0 saturated carbocycles. The van der Waals surface area contributed by atoms with Crippen LogP contribution in [0.25, 0.3) is 0 Å². The molecule has 2 aliphatic rings. The minimum atomic E-state index is -3.60. The zero-order valence-electron chi connectivity index (χ0n) is 17.6. The Hall–Kier alpha value is -1.97. The number of hydrogen-bond donors (Lipinski definition) is 0. The second-order valence-corrected chi connectivity index (χ2v) is 9.56. The Balaban J connectivity index is 1.91. The van der Waals surface area contributed by atoms with Crippen LogP contribution in [0.5, 0.6) is 0 Å². The van der Waals surface area contributed by atoms with Gasteiger partial charge in [0.05, 0.1) is 4.90 Å². The number of amides is 2. The van der Waals surface area contributed by atoms with Crippen LogP contribution >= 0.6 is 0 Å². The number of rotatable bonds is 5. The van der Waals surface area contributed by atoms with E-state index in [2.05, 4.69) is 4.90 Å². The summed E-state index contributed by atoms with van der Waals surface area (Å²) in [7, 11) is -1.58. The molecule has 29 heavy (non-hydrogen) atoms. The van der Waals surface area contributed by atoms with Crippen LogP contribution in [0.15, 0.2) is 23.1 Å². The number of piperazine rings is 1. The summed E-state index contributed by atoms with van der Waals surface area (Å²) in [5.74, 6) is -0.284. The molecule has 0 spiro atoms. The van der Waals surface area contributed by atoms with Gasteiger partial charge in [0.1, 0.15) is 6.04 Å². The normalized spacial score (nSPS) is 20.2. The maximum absolute atomic E-state index is 13.2. The van der Waals surface area contributed by atoms with E-state index >= 15 is 0 Å². The number of benzene rings is 1. The van der Waals surface area contributed by atoms with Crippen LogP contribution in [0.4, 0.5) is 5.69 Å². The Morgan fingerprint density at radius 1 is 1.10 bits per heavy atom. The highest BCUT2D eigenvalue weighted by atomic mass is 32.2. The smallest absolute Gasteiger partial charge is 0.246 e. The van der Waals surface area contributed by atoms with Crippen molar-refractivity contribution >= 4 is 27.5 Å². The first kappa shape index (κ1) is 21.7. The van der Waals surface area contributed by atoms with Crippen LogP contribution in [0, 0.1) is 0 Å². The van der Waals surface area contributed by atoms with Crippen LogP contribution in [0.2, 0.25) is 0 Å². The zero-order chi connectivity index (χ0) is 21.3. The van der Waals surface area contributed by atoms with Crippen molar-refractivity contribution in [1.29, 1.82) is 0 Å². The number of nitrogens with zero attached hydrogens (tertiary/aromatic N) is 4. The van der Waals surface area contributed by atoms with E-state index in [1.54, 1.807) is 30.9 Å². The lowest BCUT2D eigenvalue weighted by molar-refractivity contribution is -0.135. The first-order chi connectivity index (χ1) is 13.7. The van der Waals surface area contributed by atoms with Gasteiger partial charge in [-0.1, -0.05) is 13.8 Å². The van der Waals surface area contributed by atoms with Gasteiger partial charge in [0.2, 0.25) is 21.8 Å². The van der Waals surface area contributed by atoms with E-state index in [-0.39, 0.29) is 16.7 Å². The van der Waals surface area contributed by atoms with Crippen molar-refractivity contribution < 1.29 is 18.0 Å². The lowest BCUT2D eigenvalue weighted by atomic mass is 10.1. The highest BCUT2D eigenvalue weighted by molar-refractivity contribution is 7.89. The van der Waals surface area contributed by atoms with Crippen LogP contribution in [-0.4, -0.2) is 86.7 Å². The zero-order valence-corrected chi connectivity index (χ0v) is 18.4. The standard InChI is InChI=1S/C20H30N4O4S/c1-5-23(6-2)29(27,28)17-7-8-18-16(13-17)14-19(24(18)15(3)25)20(26)22-11-9-21(4)10-12-22/h7-8,13,19H,5-6,9-12,14H2,1-4H3/t19-/m1/s1. The summed E-state index contributed by atoms with van der Waals surface area (Å²) < 4.78 is 27.1. The Bertz CT molecular complexity index is 890. The first-order valence-electron chi connectivity index (χ1n) is 10.1. The molecule has 1 aromatic rings. The molecule has 9 heteroatoms. The average Bonchev–Trinajstić information content (AvgIpc) is 3.07. The van der Waals surface area contributed by atoms with Crippen LogP contribution in [0.3, 0.4) is 0 Å². The lowest BCUT2D eigenvalue weighted by Gasteiger charge is -2.35. The molecule has 2 aliphatic heterocycles. The van der Waals surface area contributed by atoms with Crippen molar-refractivity contribution in [3.8, 4) is 0 Å². The van der Waals surface area contributed by atoms with Crippen molar-refractivity contribution in [1.82, 2.24) is 14.1 Å². The summed E-state index contributed by atoms with van der Waals surface area (Å²) in [5.41, 5.74) is 1.35. The van der Waals surface area contributed by atoms with Gasteiger partial charge in [-0.2, -0.15) is 4.31 Å². The van der Waals surface area contributed by atoms with Crippen molar-refractivity contribution in [3.05, 3.63) is 23.8 Å². The van der Waals surface area contributed by atoms with Gasteiger partial charge in [-0.05, 0) is 30.8 Å². The van der Waals surface area contributed by atoms with Gasteiger partial charge >= 0.3 is 0 Å². The molecular weight excluding hydrogens is 392 g/mol. The third-order valence-electron chi connectivity index (χ3n) is 5.82. The summed E-state index contributed by atoms with van der Waals surface area (Å²) in [5, 5.41) is 0. The molecule has 0 unspecified atom stereocenters. The van der Waals surface area contributed by atoms with Crippen LogP contribution in [-0.2, 0) is 26.0 Å². The third-order valence-corrected chi connectivity index (χ3v) is 7.86. The summed E-state index contributed by atoms with van der Waals surface area (Å²) >= 11 is 0. The quantitative estimate of drug-likeness (QED) is 0.700. The Kier molecular flexibility index (Phi) is 6.30. The molecule has 8 nitrogen and oxygen atoms in total. The number of anilines is 1. The van der Waals surface area contributed by atoms with Gasteiger partial charge in [0.25, 0.3) is 0 Å². The number of sulfonamides is 1. The largest absolute Gasteiger partial charge is 0.338 e. The number of carbonyl (C=O) groups is 2. The fourth-order valence-corrected chi connectivity index (χ4v) is 5.63. The maximum atomic E-state index is 13.2. The fraction of sp³-hybridized carbons (Fsp3) is 0.600. The molecule has 1 aromatic carbocycles. The van der Waals surface area contributed by atoms with Crippen molar-refractivity contribution in [2.45, 2.75) is 38.1 Å². The highest BCUT2D eigenvalue weighted by Crippen LogP contribution is 2.35. The number of carbonyl (C=O) groups excluding carboxylic acids is 2. The molecule has 160 valence electrons. The number of likely N-dealkylation sites (N-methyl/N-ethyl adjacent to an activating group) is 1. The molecule has 1 fully saturated rings. The van der Waals surface area contributed by atoms with E-state index in [1.165, 1.54) is 22.2 Å². The van der Waals surface area contributed by atoms with E-state index < -0.39 is 16.1 Å². The molecule has 0 aliphatic carbocycles. The van der Waals surface area contributed by atoms with Gasteiger partial charge in [0.15, 0.2) is 0 Å². The van der Waals surface area contributed by atoms with Crippen LogP contribution < -0.4 is 4.90 Å². The molecule has 2 amide bonds. The summed E-state index contributed by atoms with van der Waals surface area (Å²) in [6.07, 6.45) is 0.335. The Morgan fingerprint density at radius 2 is 1.72 bits per heavy atom. The summed E-state index contributed by atoms with van der Waals surface area (Å²) in [6, 6.07) is 4.20. The highest BCUT2D eigenvalue weighted by Gasteiger charge is 2.40. The monoisotopic (exact) mass is 422 g/mol. The number of hydrogen-bond acceptors (Lipinski definition) is 5. The van der Waals surface area contributed by atoms with Crippen molar-refractivity contribution in [2.75, 3.05) is 51.2 Å². The van der Waals surface area contributed by atoms with Gasteiger partial charge in [-0.25, -0.2) is 8.42 Å². The van der Waals surface area contributed by atoms with E-state index in [4.69, 9.17) is 0 Å². The second-order valence-electron chi connectivity index (χ2n) is 7.62. The van der Waals surface area contributed by atoms with Crippen LogP contribution in [0.1, 0.15) is 26.3 Å². The fourth-order valence-electron chi connectivity index (χ4n) is 4.13. The van der Waals surface area contributed by atoms with E-state index in [9.17, 15) is 18.0 Å². The first-order valence-corrected chi connectivity index (χ1v) is 11.5. The third kappa shape index (κ3) is 4.04. The predicted octanol–water partition coefficient (Wildman–Crippen LogP) is 0.769. The predicted molar refractivity (Wildman–Crippen MR) is 111 cm³/mol. The number of fused-ring (bicyclic) bond motifs is 1. The van der Waals surface area contributed by atoms with Crippen molar-refractivity contribution in [2.24, 2.45) is 0 Å². The van der Waals surface area contributed by atoms with E-state index in [1.807, 2.05) is 7.05 Å². The molecule has 2 heterocycles. The SMILES string of the molecule is CCN(CC)S(=O)(=O)c1ccc2c(c1)C[C@H](C(=O)N1CCN(C)CC1)N2C(C)=O. The molecule has 0 radical (unpaired) electrons. The minimum absolute atomic E-state index is 0.0716.